The number of benzene rings is 1. The van der Waals surface area contributed by atoms with Crippen molar-refractivity contribution in [3.05, 3.63) is 30.3 Å². The van der Waals surface area contributed by atoms with Crippen molar-refractivity contribution in [2.75, 3.05) is 0 Å². The highest BCUT2D eigenvalue weighted by Gasteiger charge is 2.34. The number of rotatable bonds is 4. The van der Waals surface area contributed by atoms with Crippen LogP contribution in [0.1, 0.15) is 19.8 Å². The highest BCUT2D eigenvalue weighted by molar-refractivity contribution is 6.01. The minimum Gasteiger partial charge on any atom is -0.479 e. The average Bonchev–Trinajstić information content (AvgIpc) is 2.71. The Bertz CT molecular complexity index is 483. The molecule has 1 unspecified atom stereocenters. The zero-order chi connectivity index (χ0) is 13.8. The van der Waals surface area contributed by atoms with Crippen molar-refractivity contribution in [2.24, 2.45) is 0 Å². The van der Waals surface area contributed by atoms with E-state index in [1.807, 2.05) is 6.07 Å². The quantitative estimate of drug-likeness (QED) is 0.759. The molecule has 100 valence electrons. The van der Waals surface area contributed by atoms with E-state index in [-0.39, 0.29) is 12.8 Å². The molecule has 6 heteroatoms. The standard InChI is InChI=1S/C13H13NO5/c1-9(18-10-5-3-2-4-6-10)13(17)19-14-11(15)7-8-12(14)16/h2-6,9H,7-8H2,1H3. The van der Waals surface area contributed by atoms with Crippen molar-refractivity contribution in [1.29, 1.82) is 0 Å². The van der Waals surface area contributed by atoms with Gasteiger partial charge in [0.05, 0.1) is 0 Å². The Hall–Kier alpha value is -2.37. The van der Waals surface area contributed by atoms with Crippen molar-refractivity contribution in [3.63, 3.8) is 0 Å². The summed E-state index contributed by atoms with van der Waals surface area (Å²) in [6, 6.07) is 8.73. The molecule has 1 aliphatic heterocycles. The molecule has 0 bridgehead atoms. The second-order valence-corrected chi connectivity index (χ2v) is 4.07. The van der Waals surface area contributed by atoms with Gasteiger partial charge in [-0.3, -0.25) is 9.59 Å². The molecule has 2 amide bonds. The van der Waals surface area contributed by atoms with Gasteiger partial charge in [-0.1, -0.05) is 18.2 Å². The summed E-state index contributed by atoms with van der Waals surface area (Å²) in [5.41, 5.74) is 0. The highest BCUT2D eigenvalue weighted by atomic mass is 16.7. The van der Waals surface area contributed by atoms with Crippen molar-refractivity contribution >= 4 is 17.8 Å². The van der Waals surface area contributed by atoms with Gasteiger partial charge in [-0.05, 0) is 19.1 Å². The van der Waals surface area contributed by atoms with Crippen LogP contribution in [0.25, 0.3) is 0 Å². The van der Waals surface area contributed by atoms with Crippen LogP contribution in [-0.4, -0.2) is 29.0 Å². The zero-order valence-electron chi connectivity index (χ0n) is 10.4. The summed E-state index contributed by atoms with van der Waals surface area (Å²) >= 11 is 0. The SMILES string of the molecule is CC(Oc1ccccc1)C(=O)ON1C(=O)CCC1=O. The molecule has 1 fully saturated rings. The summed E-state index contributed by atoms with van der Waals surface area (Å²) in [5.74, 6) is -1.30. The Labute approximate surface area is 109 Å². The van der Waals surface area contributed by atoms with Crippen LogP contribution in [0.5, 0.6) is 5.75 Å². The lowest BCUT2D eigenvalue weighted by Crippen LogP contribution is -2.37. The fraction of sp³-hybridized carbons (Fsp3) is 0.308. The lowest BCUT2D eigenvalue weighted by molar-refractivity contribution is -0.201. The van der Waals surface area contributed by atoms with Crippen LogP contribution in [0.2, 0.25) is 0 Å². The molecule has 1 saturated heterocycles. The van der Waals surface area contributed by atoms with Gasteiger partial charge < -0.3 is 9.57 Å². The van der Waals surface area contributed by atoms with E-state index < -0.39 is 23.9 Å². The van der Waals surface area contributed by atoms with Crippen molar-refractivity contribution < 1.29 is 24.0 Å². The van der Waals surface area contributed by atoms with Crippen LogP contribution in [0.4, 0.5) is 0 Å². The number of carbonyl (C=O) groups excluding carboxylic acids is 3. The summed E-state index contributed by atoms with van der Waals surface area (Å²) in [6.45, 7) is 1.49. The minimum atomic E-state index is -0.913. The second-order valence-electron chi connectivity index (χ2n) is 4.07. The van der Waals surface area contributed by atoms with Crippen LogP contribution in [-0.2, 0) is 19.2 Å². The number of amides is 2. The molecule has 0 aromatic heterocycles. The average molecular weight is 263 g/mol. The third-order valence-corrected chi connectivity index (χ3v) is 2.58. The van der Waals surface area contributed by atoms with Gasteiger partial charge in [0.1, 0.15) is 5.75 Å². The monoisotopic (exact) mass is 263 g/mol. The van der Waals surface area contributed by atoms with Gasteiger partial charge >= 0.3 is 5.97 Å². The molecule has 2 rings (SSSR count). The number of ether oxygens (including phenoxy) is 1. The van der Waals surface area contributed by atoms with E-state index in [1.54, 1.807) is 24.3 Å². The van der Waals surface area contributed by atoms with Crippen LogP contribution in [0, 0.1) is 0 Å². The van der Waals surface area contributed by atoms with E-state index in [2.05, 4.69) is 0 Å². The zero-order valence-corrected chi connectivity index (χ0v) is 10.4. The Balaban J connectivity index is 1.93. The minimum absolute atomic E-state index is 0.0695. The molecule has 1 aromatic rings. The van der Waals surface area contributed by atoms with Gasteiger partial charge in [-0.2, -0.15) is 0 Å². The van der Waals surface area contributed by atoms with Crippen molar-refractivity contribution in [1.82, 2.24) is 5.06 Å². The molecule has 0 N–H and O–H groups in total. The van der Waals surface area contributed by atoms with Crippen molar-refractivity contribution in [2.45, 2.75) is 25.9 Å². The fourth-order valence-electron chi connectivity index (χ4n) is 1.57. The smallest absolute Gasteiger partial charge is 0.372 e. The van der Waals surface area contributed by atoms with Gasteiger partial charge in [0.25, 0.3) is 11.8 Å². The number of hydroxylamine groups is 2. The van der Waals surface area contributed by atoms with E-state index in [1.165, 1.54) is 6.92 Å². The molecule has 0 spiro atoms. The fourth-order valence-corrected chi connectivity index (χ4v) is 1.57. The number of para-hydroxylation sites is 1. The molecule has 6 nitrogen and oxygen atoms in total. The summed E-state index contributed by atoms with van der Waals surface area (Å²) in [6.07, 6.45) is -0.774. The summed E-state index contributed by atoms with van der Waals surface area (Å²) in [7, 11) is 0. The van der Waals surface area contributed by atoms with Gasteiger partial charge in [-0.15, -0.1) is 5.06 Å². The molecule has 0 aliphatic carbocycles. The topological polar surface area (TPSA) is 72.9 Å². The number of carbonyl (C=O) groups is 3. The Morgan fingerprint density at radius 1 is 1.16 bits per heavy atom. The number of hydrogen-bond donors (Lipinski definition) is 0. The number of hydrogen-bond acceptors (Lipinski definition) is 5. The molecule has 19 heavy (non-hydrogen) atoms. The van der Waals surface area contributed by atoms with Crippen LogP contribution in [0.3, 0.4) is 0 Å². The van der Waals surface area contributed by atoms with Gasteiger partial charge in [0.15, 0.2) is 6.10 Å². The molecule has 1 atom stereocenters. The number of imide groups is 1. The maximum atomic E-state index is 11.7. The first-order valence-corrected chi connectivity index (χ1v) is 5.87. The van der Waals surface area contributed by atoms with Gasteiger partial charge in [0.2, 0.25) is 0 Å². The van der Waals surface area contributed by atoms with E-state index in [0.717, 1.165) is 0 Å². The van der Waals surface area contributed by atoms with E-state index in [4.69, 9.17) is 9.57 Å². The molecular formula is C13H13NO5. The molecule has 1 aromatic carbocycles. The van der Waals surface area contributed by atoms with Crippen molar-refractivity contribution in [3.8, 4) is 5.75 Å². The maximum absolute atomic E-state index is 11.7. The lowest BCUT2D eigenvalue weighted by atomic mass is 10.3. The van der Waals surface area contributed by atoms with E-state index in [9.17, 15) is 14.4 Å². The third kappa shape index (κ3) is 3.09. The molecule has 0 saturated carbocycles. The molecule has 1 heterocycles. The van der Waals surface area contributed by atoms with Gasteiger partial charge in [-0.25, -0.2) is 4.79 Å². The second kappa shape index (κ2) is 5.51. The maximum Gasteiger partial charge on any atom is 0.372 e. The lowest BCUT2D eigenvalue weighted by Gasteiger charge is -2.17. The largest absolute Gasteiger partial charge is 0.479 e. The van der Waals surface area contributed by atoms with Gasteiger partial charge in [0, 0.05) is 12.8 Å². The molecular weight excluding hydrogens is 250 g/mol. The number of nitrogens with zero attached hydrogens (tertiary/aromatic N) is 1. The predicted molar refractivity (Wildman–Crippen MR) is 63.7 cm³/mol. The van der Waals surface area contributed by atoms with E-state index >= 15 is 0 Å². The Morgan fingerprint density at radius 2 is 1.74 bits per heavy atom. The normalized spacial score (nSPS) is 16.4. The Kier molecular flexibility index (Phi) is 3.79. The first kappa shape index (κ1) is 13.1. The van der Waals surface area contributed by atoms with Crippen LogP contribution >= 0.6 is 0 Å². The van der Waals surface area contributed by atoms with E-state index in [0.29, 0.717) is 10.8 Å². The summed E-state index contributed by atoms with van der Waals surface area (Å²) in [5, 5.41) is 0.507. The molecule has 0 radical (unpaired) electrons. The third-order valence-electron chi connectivity index (χ3n) is 2.58. The first-order chi connectivity index (χ1) is 9.08. The predicted octanol–water partition coefficient (Wildman–Crippen LogP) is 1.06. The highest BCUT2D eigenvalue weighted by Crippen LogP contribution is 2.15. The molecule has 1 aliphatic rings. The summed E-state index contributed by atoms with van der Waals surface area (Å²) < 4.78 is 5.33. The first-order valence-electron chi connectivity index (χ1n) is 5.87. The van der Waals surface area contributed by atoms with Crippen LogP contribution in [0.15, 0.2) is 30.3 Å². The summed E-state index contributed by atoms with van der Waals surface area (Å²) in [4.78, 5) is 39.0. The Morgan fingerprint density at radius 3 is 2.32 bits per heavy atom. The van der Waals surface area contributed by atoms with Crippen LogP contribution < -0.4 is 4.74 Å².